The summed E-state index contributed by atoms with van der Waals surface area (Å²) in [6.45, 7) is 9.52. The van der Waals surface area contributed by atoms with Crippen LogP contribution in [0.5, 0.6) is 0 Å². The van der Waals surface area contributed by atoms with Crippen LogP contribution in [0.2, 0.25) is 0 Å². The number of hydrogen-bond donors (Lipinski definition) is 0. The van der Waals surface area contributed by atoms with Crippen molar-refractivity contribution in [1.29, 1.82) is 0 Å². The molecule has 2 heteroatoms. The Balaban J connectivity index is 2.36. The predicted molar refractivity (Wildman–Crippen MR) is 58.4 cm³/mol. The van der Waals surface area contributed by atoms with Crippen LogP contribution in [-0.2, 0) is 0 Å². The fourth-order valence-electron chi connectivity index (χ4n) is 1.51. The predicted octanol–water partition coefficient (Wildman–Crippen LogP) is 2.68. The van der Waals surface area contributed by atoms with E-state index in [0.717, 1.165) is 6.04 Å². The van der Waals surface area contributed by atoms with Gasteiger partial charge in [-0.1, -0.05) is 29.5 Å². The SMILES string of the molecule is CC(C)N1CCC(C)(I)CC1. The molecule has 1 fully saturated rings. The van der Waals surface area contributed by atoms with E-state index in [1.165, 1.54) is 25.9 Å². The van der Waals surface area contributed by atoms with E-state index in [9.17, 15) is 0 Å². The van der Waals surface area contributed by atoms with Crippen molar-refractivity contribution in [3.05, 3.63) is 0 Å². The molecule has 0 bridgehead atoms. The lowest BCUT2D eigenvalue weighted by Crippen LogP contribution is -2.42. The molecule has 0 aliphatic carbocycles. The lowest BCUT2D eigenvalue weighted by Gasteiger charge is -2.37. The van der Waals surface area contributed by atoms with E-state index in [1.807, 2.05) is 0 Å². The van der Waals surface area contributed by atoms with Crippen LogP contribution in [0, 0.1) is 0 Å². The summed E-state index contributed by atoms with van der Waals surface area (Å²) in [6.07, 6.45) is 2.71. The van der Waals surface area contributed by atoms with Crippen molar-refractivity contribution < 1.29 is 0 Å². The highest BCUT2D eigenvalue weighted by Gasteiger charge is 2.27. The van der Waals surface area contributed by atoms with Gasteiger partial charge >= 0.3 is 0 Å². The van der Waals surface area contributed by atoms with Gasteiger partial charge in [-0.3, -0.25) is 0 Å². The summed E-state index contributed by atoms with van der Waals surface area (Å²) in [5.41, 5.74) is 0. The third-order valence-electron chi connectivity index (χ3n) is 2.57. The van der Waals surface area contributed by atoms with Crippen molar-refractivity contribution in [1.82, 2.24) is 4.90 Å². The quantitative estimate of drug-likeness (QED) is 0.521. The van der Waals surface area contributed by atoms with E-state index in [4.69, 9.17) is 0 Å². The summed E-state index contributed by atoms with van der Waals surface area (Å²) in [7, 11) is 0. The Morgan fingerprint density at radius 3 is 2.09 bits per heavy atom. The molecule has 1 aliphatic rings. The monoisotopic (exact) mass is 267 g/mol. The second-order valence-electron chi connectivity index (χ2n) is 4.04. The zero-order valence-electron chi connectivity index (χ0n) is 7.73. The Labute approximate surface area is 83.7 Å². The van der Waals surface area contributed by atoms with Gasteiger partial charge in [0.2, 0.25) is 0 Å². The maximum absolute atomic E-state index is 2.60. The highest BCUT2D eigenvalue weighted by atomic mass is 127. The molecule has 1 heterocycles. The van der Waals surface area contributed by atoms with Gasteiger partial charge in [0.05, 0.1) is 0 Å². The molecule has 0 saturated carbocycles. The lowest BCUT2D eigenvalue weighted by atomic mass is 9.98. The van der Waals surface area contributed by atoms with Gasteiger partial charge in [-0.05, 0) is 39.8 Å². The van der Waals surface area contributed by atoms with Gasteiger partial charge in [0.25, 0.3) is 0 Å². The standard InChI is InChI=1S/C9H18IN/c1-8(2)11-6-4-9(3,10)5-7-11/h8H,4-7H2,1-3H3. The number of piperidine rings is 1. The number of alkyl halides is 1. The van der Waals surface area contributed by atoms with Gasteiger partial charge < -0.3 is 4.90 Å². The molecule has 66 valence electrons. The van der Waals surface area contributed by atoms with Gasteiger partial charge in [-0.15, -0.1) is 0 Å². The zero-order valence-corrected chi connectivity index (χ0v) is 9.89. The van der Waals surface area contributed by atoms with E-state index in [2.05, 4.69) is 48.3 Å². The van der Waals surface area contributed by atoms with Crippen LogP contribution in [0.3, 0.4) is 0 Å². The molecule has 0 radical (unpaired) electrons. The van der Waals surface area contributed by atoms with Crippen LogP contribution in [-0.4, -0.2) is 27.5 Å². The average molecular weight is 267 g/mol. The number of rotatable bonds is 1. The lowest BCUT2D eigenvalue weighted by molar-refractivity contribution is 0.171. The Bertz CT molecular complexity index is 122. The first-order valence-electron chi connectivity index (χ1n) is 4.44. The molecule has 0 atom stereocenters. The Kier molecular flexibility index (Phi) is 3.20. The summed E-state index contributed by atoms with van der Waals surface area (Å²) in [6, 6.07) is 0.738. The topological polar surface area (TPSA) is 3.24 Å². The molecular formula is C9H18IN. The minimum Gasteiger partial charge on any atom is -0.301 e. The third kappa shape index (κ3) is 2.90. The molecule has 0 unspecified atom stereocenters. The van der Waals surface area contributed by atoms with Crippen molar-refractivity contribution in [2.24, 2.45) is 0 Å². The zero-order chi connectivity index (χ0) is 8.48. The highest BCUT2D eigenvalue weighted by Crippen LogP contribution is 2.31. The summed E-state index contributed by atoms with van der Waals surface area (Å²) in [5, 5.41) is 0. The normalized spacial score (nSPS) is 25.9. The fourth-order valence-corrected chi connectivity index (χ4v) is 1.99. The van der Waals surface area contributed by atoms with Crippen molar-refractivity contribution >= 4 is 22.6 Å². The van der Waals surface area contributed by atoms with Crippen molar-refractivity contribution in [3.63, 3.8) is 0 Å². The Morgan fingerprint density at radius 1 is 1.27 bits per heavy atom. The molecule has 0 amide bonds. The molecule has 0 aromatic carbocycles. The third-order valence-corrected chi connectivity index (χ3v) is 3.65. The smallest absolute Gasteiger partial charge is 0.0218 e. The molecule has 11 heavy (non-hydrogen) atoms. The summed E-state index contributed by atoms with van der Waals surface area (Å²) < 4.78 is 0.573. The van der Waals surface area contributed by atoms with Gasteiger partial charge in [0.1, 0.15) is 0 Å². The first-order chi connectivity index (χ1) is 5.01. The molecule has 0 N–H and O–H groups in total. The second kappa shape index (κ2) is 3.60. The van der Waals surface area contributed by atoms with E-state index < -0.39 is 0 Å². The number of nitrogens with zero attached hydrogens (tertiary/aromatic N) is 1. The molecule has 1 rings (SSSR count). The maximum Gasteiger partial charge on any atom is 0.0218 e. The molecule has 1 saturated heterocycles. The minimum atomic E-state index is 0.573. The number of halogens is 1. The molecule has 1 nitrogen and oxygen atoms in total. The average Bonchev–Trinajstić information content (AvgIpc) is 1.86. The Morgan fingerprint density at radius 2 is 1.73 bits per heavy atom. The minimum absolute atomic E-state index is 0.573. The first-order valence-corrected chi connectivity index (χ1v) is 5.52. The van der Waals surface area contributed by atoms with Crippen LogP contribution in [0.1, 0.15) is 33.6 Å². The van der Waals surface area contributed by atoms with Crippen molar-refractivity contribution in [2.75, 3.05) is 13.1 Å². The van der Waals surface area contributed by atoms with Gasteiger partial charge in [0, 0.05) is 9.46 Å². The van der Waals surface area contributed by atoms with E-state index in [-0.39, 0.29) is 0 Å². The molecule has 1 aliphatic heterocycles. The van der Waals surface area contributed by atoms with Crippen LogP contribution < -0.4 is 0 Å². The van der Waals surface area contributed by atoms with Crippen molar-refractivity contribution in [3.8, 4) is 0 Å². The van der Waals surface area contributed by atoms with E-state index in [1.54, 1.807) is 0 Å². The van der Waals surface area contributed by atoms with E-state index in [0.29, 0.717) is 3.42 Å². The molecule has 0 aromatic heterocycles. The van der Waals surface area contributed by atoms with Crippen molar-refractivity contribution in [2.45, 2.75) is 43.1 Å². The summed E-state index contributed by atoms with van der Waals surface area (Å²) in [4.78, 5) is 2.57. The Hall–Kier alpha value is 0.690. The summed E-state index contributed by atoms with van der Waals surface area (Å²) >= 11 is 2.60. The molecular weight excluding hydrogens is 249 g/mol. The van der Waals surface area contributed by atoms with Crippen LogP contribution in [0.25, 0.3) is 0 Å². The van der Waals surface area contributed by atoms with Gasteiger partial charge in [0.15, 0.2) is 0 Å². The largest absolute Gasteiger partial charge is 0.301 e. The second-order valence-corrected chi connectivity index (χ2v) is 6.65. The van der Waals surface area contributed by atoms with Gasteiger partial charge in [-0.2, -0.15) is 0 Å². The molecule has 0 aromatic rings. The van der Waals surface area contributed by atoms with E-state index >= 15 is 0 Å². The van der Waals surface area contributed by atoms with Crippen LogP contribution in [0.4, 0.5) is 0 Å². The number of likely N-dealkylation sites (tertiary alicyclic amines) is 1. The van der Waals surface area contributed by atoms with Crippen LogP contribution >= 0.6 is 22.6 Å². The van der Waals surface area contributed by atoms with Crippen LogP contribution in [0.15, 0.2) is 0 Å². The number of hydrogen-bond acceptors (Lipinski definition) is 1. The fraction of sp³-hybridized carbons (Fsp3) is 1.00. The highest BCUT2D eigenvalue weighted by molar-refractivity contribution is 14.1. The molecule has 0 spiro atoms. The maximum atomic E-state index is 2.60. The first kappa shape index (κ1) is 9.78. The van der Waals surface area contributed by atoms with Gasteiger partial charge in [-0.25, -0.2) is 0 Å². The summed E-state index contributed by atoms with van der Waals surface area (Å²) in [5.74, 6) is 0.